The topological polar surface area (TPSA) is 47.3 Å². The predicted molar refractivity (Wildman–Crippen MR) is 73.0 cm³/mol. The lowest BCUT2D eigenvalue weighted by Gasteiger charge is -2.39. The lowest BCUT2D eigenvalue weighted by Crippen LogP contribution is -2.46. The molecule has 1 saturated carbocycles. The molecule has 0 bridgehead atoms. The van der Waals surface area contributed by atoms with Crippen LogP contribution >= 0.6 is 0 Å². The molecule has 106 valence electrons. The zero-order chi connectivity index (χ0) is 13.3. The van der Waals surface area contributed by atoms with Gasteiger partial charge in [-0.05, 0) is 39.5 Å². The largest absolute Gasteiger partial charge is 0.444 e. The van der Waals surface area contributed by atoms with E-state index in [9.17, 15) is 0 Å². The minimum absolute atomic E-state index is 0.169. The first-order chi connectivity index (χ1) is 9.17. The summed E-state index contributed by atoms with van der Waals surface area (Å²) < 4.78 is 11.7. The number of hydrogen-bond acceptors (Lipinski definition) is 4. The van der Waals surface area contributed by atoms with Gasteiger partial charge in [0.1, 0.15) is 5.76 Å². The highest BCUT2D eigenvalue weighted by molar-refractivity contribution is 4.98. The molecule has 1 aromatic heterocycles. The average Bonchev–Trinajstić information content (AvgIpc) is 2.99. The molecule has 0 radical (unpaired) electrons. The molecule has 1 aromatic rings. The van der Waals surface area contributed by atoms with Crippen LogP contribution in [0, 0.1) is 6.92 Å². The molecule has 1 saturated heterocycles. The fourth-order valence-electron chi connectivity index (χ4n) is 3.53. The van der Waals surface area contributed by atoms with Crippen molar-refractivity contribution >= 4 is 0 Å². The van der Waals surface area contributed by atoms with Crippen molar-refractivity contribution in [1.82, 2.24) is 10.3 Å². The first-order valence-corrected chi connectivity index (χ1v) is 7.49. The summed E-state index contributed by atoms with van der Waals surface area (Å²) in [7, 11) is 0. The van der Waals surface area contributed by atoms with Gasteiger partial charge in [0.15, 0.2) is 0 Å². The lowest BCUT2D eigenvalue weighted by atomic mass is 9.88. The third-order valence-electron chi connectivity index (χ3n) is 4.50. The van der Waals surface area contributed by atoms with Crippen molar-refractivity contribution in [1.29, 1.82) is 0 Å². The van der Waals surface area contributed by atoms with Gasteiger partial charge in [0.2, 0.25) is 5.89 Å². The predicted octanol–water partition coefficient (Wildman–Crippen LogP) is 3.13. The summed E-state index contributed by atoms with van der Waals surface area (Å²) in [5, 5.41) is 3.66. The van der Waals surface area contributed by atoms with Crippen LogP contribution in [-0.4, -0.2) is 23.2 Å². The molecule has 2 atom stereocenters. The van der Waals surface area contributed by atoms with Crippen molar-refractivity contribution in [3.63, 3.8) is 0 Å². The molecule has 1 aliphatic heterocycles. The summed E-state index contributed by atoms with van der Waals surface area (Å²) >= 11 is 0. The summed E-state index contributed by atoms with van der Waals surface area (Å²) in [4.78, 5) is 4.31. The molecule has 2 unspecified atom stereocenters. The van der Waals surface area contributed by atoms with E-state index >= 15 is 0 Å². The number of aromatic nitrogens is 1. The highest BCUT2D eigenvalue weighted by Gasteiger charge is 2.40. The van der Waals surface area contributed by atoms with Gasteiger partial charge < -0.3 is 14.5 Å². The van der Waals surface area contributed by atoms with Crippen LogP contribution in [0.1, 0.15) is 63.1 Å². The van der Waals surface area contributed by atoms with Crippen molar-refractivity contribution in [2.45, 2.75) is 70.1 Å². The minimum Gasteiger partial charge on any atom is -0.444 e. The normalized spacial score (nSPS) is 27.8. The van der Waals surface area contributed by atoms with Gasteiger partial charge in [-0.1, -0.05) is 12.8 Å². The standard InChI is InChI=1S/C15H24N2O2/c1-11-10-16-14(19-11)12(2)17-13-5-8-18-15(9-13)6-3-4-7-15/h10,12-13,17H,3-9H2,1-2H3. The van der Waals surface area contributed by atoms with Gasteiger partial charge in [-0.3, -0.25) is 0 Å². The SMILES string of the molecule is Cc1cnc(C(C)NC2CCOC3(CCCC3)C2)o1. The molecule has 19 heavy (non-hydrogen) atoms. The molecule has 2 fully saturated rings. The zero-order valence-corrected chi connectivity index (χ0v) is 11.9. The first kappa shape index (κ1) is 13.1. The van der Waals surface area contributed by atoms with Gasteiger partial charge in [0, 0.05) is 12.6 Å². The van der Waals surface area contributed by atoms with Crippen LogP contribution in [0.5, 0.6) is 0 Å². The van der Waals surface area contributed by atoms with Crippen molar-refractivity contribution < 1.29 is 9.15 Å². The van der Waals surface area contributed by atoms with E-state index in [0.29, 0.717) is 6.04 Å². The van der Waals surface area contributed by atoms with Crippen LogP contribution in [-0.2, 0) is 4.74 Å². The Hall–Kier alpha value is -0.870. The van der Waals surface area contributed by atoms with E-state index in [1.54, 1.807) is 6.20 Å². The summed E-state index contributed by atoms with van der Waals surface area (Å²) in [5.41, 5.74) is 0.169. The highest BCUT2D eigenvalue weighted by Crippen LogP contribution is 2.40. The number of rotatable bonds is 3. The van der Waals surface area contributed by atoms with E-state index in [4.69, 9.17) is 9.15 Å². The van der Waals surface area contributed by atoms with Gasteiger partial charge in [0.05, 0.1) is 17.8 Å². The molecule has 4 nitrogen and oxygen atoms in total. The molecular weight excluding hydrogens is 240 g/mol. The third-order valence-corrected chi connectivity index (χ3v) is 4.50. The monoisotopic (exact) mass is 264 g/mol. The van der Waals surface area contributed by atoms with Crippen molar-refractivity contribution in [3.05, 3.63) is 17.8 Å². The van der Waals surface area contributed by atoms with Crippen molar-refractivity contribution in [2.24, 2.45) is 0 Å². The summed E-state index contributed by atoms with van der Waals surface area (Å²) in [6.45, 7) is 4.95. The molecule has 2 aliphatic rings. The first-order valence-electron chi connectivity index (χ1n) is 7.49. The molecule has 2 heterocycles. The van der Waals surface area contributed by atoms with E-state index in [2.05, 4.69) is 17.2 Å². The second-order valence-electron chi connectivity index (χ2n) is 6.13. The molecule has 3 rings (SSSR count). The minimum atomic E-state index is 0.169. The Labute approximate surface area is 114 Å². The summed E-state index contributed by atoms with van der Waals surface area (Å²) in [6, 6.07) is 0.698. The maximum Gasteiger partial charge on any atom is 0.211 e. The Balaban J connectivity index is 1.60. The maximum atomic E-state index is 6.07. The number of hydrogen-bond donors (Lipinski definition) is 1. The number of oxazole rings is 1. The Morgan fingerprint density at radius 2 is 2.21 bits per heavy atom. The number of nitrogens with zero attached hydrogens (tertiary/aromatic N) is 1. The van der Waals surface area contributed by atoms with Crippen LogP contribution in [0.4, 0.5) is 0 Å². The second-order valence-corrected chi connectivity index (χ2v) is 6.13. The zero-order valence-electron chi connectivity index (χ0n) is 11.9. The lowest BCUT2D eigenvalue weighted by molar-refractivity contribution is -0.0848. The molecule has 4 heteroatoms. The van der Waals surface area contributed by atoms with E-state index in [-0.39, 0.29) is 11.6 Å². The van der Waals surface area contributed by atoms with Gasteiger partial charge in [-0.25, -0.2) is 4.98 Å². The van der Waals surface area contributed by atoms with Crippen LogP contribution in [0.3, 0.4) is 0 Å². The van der Waals surface area contributed by atoms with Crippen molar-refractivity contribution in [3.8, 4) is 0 Å². The van der Waals surface area contributed by atoms with E-state index in [0.717, 1.165) is 31.1 Å². The highest BCUT2D eigenvalue weighted by atomic mass is 16.5. The Bertz CT molecular complexity index is 424. The smallest absolute Gasteiger partial charge is 0.211 e. The van der Waals surface area contributed by atoms with E-state index in [1.807, 2.05) is 6.92 Å². The fourth-order valence-corrected chi connectivity index (χ4v) is 3.53. The van der Waals surface area contributed by atoms with Crippen LogP contribution in [0.25, 0.3) is 0 Å². The van der Waals surface area contributed by atoms with Crippen molar-refractivity contribution in [2.75, 3.05) is 6.61 Å². The number of nitrogens with one attached hydrogen (secondary N) is 1. The second kappa shape index (κ2) is 5.25. The molecule has 1 spiro atoms. The maximum absolute atomic E-state index is 6.07. The molecular formula is C15H24N2O2. The third kappa shape index (κ3) is 2.84. The summed E-state index contributed by atoms with van der Waals surface area (Å²) in [6.07, 6.45) is 9.12. The van der Waals surface area contributed by atoms with Crippen LogP contribution in [0.15, 0.2) is 10.6 Å². The fraction of sp³-hybridized carbons (Fsp3) is 0.800. The average molecular weight is 264 g/mol. The van der Waals surface area contributed by atoms with Crippen LogP contribution < -0.4 is 5.32 Å². The van der Waals surface area contributed by atoms with Gasteiger partial charge >= 0.3 is 0 Å². The van der Waals surface area contributed by atoms with Crippen LogP contribution in [0.2, 0.25) is 0 Å². The molecule has 1 aliphatic carbocycles. The Morgan fingerprint density at radius 1 is 1.42 bits per heavy atom. The quantitative estimate of drug-likeness (QED) is 0.911. The Kier molecular flexibility index (Phi) is 3.63. The van der Waals surface area contributed by atoms with E-state index < -0.39 is 0 Å². The molecule has 0 aromatic carbocycles. The number of aryl methyl sites for hydroxylation is 1. The number of ether oxygens (including phenoxy) is 1. The Morgan fingerprint density at radius 3 is 2.89 bits per heavy atom. The van der Waals surface area contributed by atoms with Gasteiger partial charge in [-0.2, -0.15) is 0 Å². The van der Waals surface area contributed by atoms with E-state index in [1.165, 1.54) is 25.7 Å². The summed E-state index contributed by atoms with van der Waals surface area (Å²) in [5.74, 6) is 1.67. The molecule has 1 N–H and O–H groups in total. The molecule has 0 amide bonds. The van der Waals surface area contributed by atoms with Gasteiger partial charge in [0.25, 0.3) is 0 Å². The van der Waals surface area contributed by atoms with Gasteiger partial charge in [-0.15, -0.1) is 0 Å².